The van der Waals surface area contributed by atoms with Crippen molar-refractivity contribution in [2.75, 3.05) is 32.2 Å². The number of methoxy groups -OCH3 is 2. The number of carbonyl (C=O) groups excluding carboxylic acids is 1. The molecular weight excluding hydrogens is 237 g/mol. The Hall–Kier alpha value is -1.78. The Morgan fingerprint density at radius 2 is 1.94 bits per heavy atom. The number of rotatable bonds is 3. The number of hydrogen-bond donors (Lipinski definition) is 0. The molecule has 0 amide bonds. The standard InChI is InChI=1S/C13H16FNO3/c1-17-12-10(14)7-9(13(16)18-2)8-11(12)15-5-3-4-6-15/h7-8H,3-6H2,1-2H3. The summed E-state index contributed by atoms with van der Waals surface area (Å²) in [6.45, 7) is 1.70. The Bertz CT molecular complexity index is 456. The third-order valence-corrected chi connectivity index (χ3v) is 3.10. The zero-order valence-electron chi connectivity index (χ0n) is 10.5. The summed E-state index contributed by atoms with van der Waals surface area (Å²) >= 11 is 0. The molecule has 1 saturated heterocycles. The summed E-state index contributed by atoms with van der Waals surface area (Å²) in [7, 11) is 2.70. The normalized spacial score (nSPS) is 14.7. The molecule has 1 aromatic carbocycles. The van der Waals surface area contributed by atoms with Crippen LogP contribution in [0, 0.1) is 5.82 Å². The lowest BCUT2D eigenvalue weighted by molar-refractivity contribution is 0.0600. The fourth-order valence-corrected chi connectivity index (χ4v) is 2.21. The van der Waals surface area contributed by atoms with E-state index in [4.69, 9.17) is 4.74 Å². The fourth-order valence-electron chi connectivity index (χ4n) is 2.21. The van der Waals surface area contributed by atoms with Gasteiger partial charge < -0.3 is 14.4 Å². The monoisotopic (exact) mass is 253 g/mol. The topological polar surface area (TPSA) is 38.8 Å². The summed E-state index contributed by atoms with van der Waals surface area (Å²) < 4.78 is 23.6. The van der Waals surface area contributed by atoms with Gasteiger partial charge in [-0.3, -0.25) is 0 Å². The maximum Gasteiger partial charge on any atom is 0.338 e. The number of esters is 1. The lowest BCUT2D eigenvalue weighted by Gasteiger charge is -2.21. The van der Waals surface area contributed by atoms with Crippen LogP contribution in [0.4, 0.5) is 10.1 Å². The lowest BCUT2D eigenvalue weighted by Crippen LogP contribution is -2.19. The molecule has 0 atom stereocenters. The molecule has 4 nitrogen and oxygen atoms in total. The van der Waals surface area contributed by atoms with Crippen molar-refractivity contribution in [3.63, 3.8) is 0 Å². The molecule has 0 bridgehead atoms. The quantitative estimate of drug-likeness (QED) is 0.774. The van der Waals surface area contributed by atoms with Crippen molar-refractivity contribution in [3.8, 4) is 5.75 Å². The first-order valence-electron chi connectivity index (χ1n) is 5.88. The van der Waals surface area contributed by atoms with E-state index in [1.807, 2.05) is 4.90 Å². The molecule has 1 aromatic rings. The third kappa shape index (κ3) is 2.25. The van der Waals surface area contributed by atoms with Gasteiger partial charge in [0.1, 0.15) is 0 Å². The van der Waals surface area contributed by atoms with Gasteiger partial charge in [-0.15, -0.1) is 0 Å². The van der Waals surface area contributed by atoms with E-state index >= 15 is 0 Å². The van der Waals surface area contributed by atoms with E-state index < -0.39 is 11.8 Å². The Balaban J connectivity index is 2.46. The molecule has 18 heavy (non-hydrogen) atoms. The molecule has 5 heteroatoms. The highest BCUT2D eigenvalue weighted by Crippen LogP contribution is 2.34. The van der Waals surface area contributed by atoms with Crippen molar-refractivity contribution < 1.29 is 18.7 Å². The van der Waals surface area contributed by atoms with Gasteiger partial charge in [0.15, 0.2) is 11.6 Å². The molecule has 1 aliphatic heterocycles. The summed E-state index contributed by atoms with van der Waals surface area (Å²) in [5.74, 6) is -0.899. The van der Waals surface area contributed by atoms with Gasteiger partial charge in [-0.25, -0.2) is 9.18 Å². The minimum absolute atomic E-state index is 0.185. The smallest absolute Gasteiger partial charge is 0.338 e. The van der Waals surface area contributed by atoms with Crippen LogP contribution in [-0.4, -0.2) is 33.3 Å². The van der Waals surface area contributed by atoms with Crippen LogP contribution in [0.3, 0.4) is 0 Å². The van der Waals surface area contributed by atoms with Crippen molar-refractivity contribution in [1.82, 2.24) is 0 Å². The molecule has 0 N–H and O–H groups in total. The summed E-state index contributed by atoms with van der Waals surface area (Å²) in [5, 5.41) is 0. The fraction of sp³-hybridized carbons (Fsp3) is 0.462. The zero-order chi connectivity index (χ0) is 13.1. The average Bonchev–Trinajstić information content (AvgIpc) is 2.90. The second kappa shape index (κ2) is 5.25. The van der Waals surface area contributed by atoms with Crippen LogP contribution >= 0.6 is 0 Å². The Labute approximate surface area is 105 Å². The van der Waals surface area contributed by atoms with Crippen LogP contribution < -0.4 is 9.64 Å². The van der Waals surface area contributed by atoms with Crippen molar-refractivity contribution in [2.45, 2.75) is 12.8 Å². The van der Waals surface area contributed by atoms with E-state index in [0.29, 0.717) is 5.69 Å². The van der Waals surface area contributed by atoms with E-state index in [1.54, 1.807) is 6.07 Å². The van der Waals surface area contributed by atoms with Crippen LogP contribution in [0.5, 0.6) is 5.75 Å². The van der Waals surface area contributed by atoms with Crippen LogP contribution in [0.2, 0.25) is 0 Å². The molecule has 1 fully saturated rings. The molecule has 0 aliphatic carbocycles. The number of anilines is 1. The van der Waals surface area contributed by atoms with E-state index in [-0.39, 0.29) is 11.3 Å². The van der Waals surface area contributed by atoms with Gasteiger partial charge in [0.2, 0.25) is 0 Å². The summed E-state index contributed by atoms with van der Waals surface area (Å²) in [5.41, 5.74) is 0.827. The Morgan fingerprint density at radius 1 is 1.28 bits per heavy atom. The minimum atomic E-state index is -0.544. The van der Waals surface area contributed by atoms with Gasteiger partial charge in [0.05, 0.1) is 25.5 Å². The van der Waals surface area contributed by atoms with Gasteiger partial charge in [-0.2, -0.15) is 0 Å². The number of nitrogens with zero attached hydrogens (tertiary/aromatic N) is 1. The number of carbonyl (C=O) groups is 1. The second-order valence-corrected chi connectivity index (χ2v) is 4.20. The first-order chi connectivity index (χ1) is 8.67. The maximum atomic E-state index is 13.9. The molecule has 2 rings (SSSR count). The van der Waals surface area contributed by atoms with Crippen LogP contribution in [0.1, 0.15) is 23.2 Å². The van der Waals surface area contributed by atoms with Gasteiger partial charge in [0.25, 0.3) is 0 Å². The maximum absolute atomic E-state index is 13.9. The van der Waals surface area contributed by atoms with Gasteiger partial charge in [0, 0.05) is 13.1 Å². The third-order valence-electron chi connectivity index (χ3n) is 3.10. The highest BCUT2D eigenvalue weighted by Gasteiger charge is 2.22. The van der Waals surface area contributed by atoms with Gasteiger partial charge in [-0.05, 0) is 25.0 Å². The number of ether oxygens (including phenoxy) is 2. The Kier molecular flexibility index (Phi) is 3.69. The molecule has 0 saturated carbocycles. The second-order valence-electron chi connectivity index (χ2n) is 4.20. The number of halogens is 1. The largest absolute Gasteiger partial charge is 0.492 e. The van der Waals surface area contributed by atoms with E-state index in [9.17, 15) is 9.18 Å². The van der Waals surface area contributed by atoms with Crippen LogP contribution in [-0.2, 0) is 4.74 Å². The van der Waals surface area contributed by atoms with Crippen LogP contribution in [0.15, 0.2) is 12.1 Å². The van der Waals surface area contributed by atoms with Crippen molar-refractivity contribution in [2.24, 2.45) is 0 Å². The summed E-state index contributed by atoms with van der Waals surface area (Å²) in [6, 6.07) is 2.77. The van der Waals surface area contributed by atoms with Crippen molar-refractivity contribution >= 4 is 11.7 Å². The SMILES string of the molecule is COC(=O)c1cc(F)c(OC)c(N2CCCC2)c1. The highest BCUT2D eigenvalue weighted by molar-refractivity contribution is 5.91. The lowest BCUT2D eigenvalue weighted by atomic mass is 10.1. The molecule has 0 radical (unpaired) electrons. The predicted molar refractivity (Wildman–Crippen MR) is 65.7 cm³/mol. The molecule has 1 heterocycles. The number of hydrogen-bond acceptors (Lipinski definition) is 4. The zero-order valence-corrected chi connectivity index (χ0v) is 10.5. The average molecular weight is 253 g/mol. The molecular formula is C13H16FNO3. The van der Waals surface area contributed by atoms with Gasteiger partial charge >= 0.3 is 5.97 Å². The molecule has 98 valence electrons. The van der Waals surface area contributed by atoms with Crippen LogP contribution in [0.25, 0.3) is 0 Å². The van der Waals surface area contributed by atoms with E-state index in [0.717, 1.165) is 32.0 Å². The van der Waals surface area contributed by atoms with Gasteiger partial charge in [-0.1, -0.05) is 0 Å². The van der Waals surface area contributed by atoms with E-state index in [2.05, 4.69) is 4.74 Å². The first-order valence-corrected chi connectivity index (χ1v) is 5.88. The van der Waals surface area contributed by atoms with Crippen molar-refractivity contribution in [3.05, 3.63) is 23.5 Å². The first kappa shape index (κ1) is 12.7. The highest BCUT2D eigenvalue weighted by atomic mass is 19.1. The summed E-state index contributed by atoms with van der Waals surface area (Å²) in [6.07, 6.45) is 2.13. The Morgan fingerprint density at radius 3 is 2.50 bits per heavy atom. The van der Waals surface area contributed by atoms with Crippen molar-refractivity contribution in [1.29, 1.82) is 0 Å². The minimum Gasteiger partial charge on any atom is -0.492 e. The molecule has 0 aromatic heterocycles. The predicted octanol–water partition coefficient (Wildman–Crippen LogP) is 2.22. The van der Waals surface area contributed by atoms with E-state index in [1.165, 1.54) is 14.2 Å². The molecule has 0 spiro atoms. The summed E-state index contributed by atoms with van der Waals surface area (Å²) in [4.78, 5) is 13.5. The number of benzene rings is 1. The molecule has 1 aliphatic rings. The molecule has 0 unspecified atom stereocenters.